The monoisotopic (exact) mass is 540 g/mol. The summed E-state index contributed by atoms with van der Waals surface area (Å²) in [6, 6.07) is 4.01. The standard InChI is InChI=1S/C27H33ClN6O2S/c1-15(7-6-12-31-3)16(2)35-21-13-20(28)32-26(33-21)23-17-8-4-10-27(24(17)36-34-23)11-5-9-19-22(27)18(14-29)25(30)37-19/h13,15-16,31H,4-12,30H2,1-3H3/t15-,16-,27-/m0/s1. The molecule has 0 saturated carbocycles. The van der Waals surface area contributed by atoms with E-state index in [1.165, 1.54) is 16.2 Å². The van der Waals surface area contributed by atoms with Crippen LogP contribution in [0.15, 0.2) is 10.6 Å². The first-order valence-corrected chi connectivity index (χ1v) is 14.2. The highest BCUT2D eigenvalue weighted by molar-refractivity contribution is 7.16. The molecule has 0 radical (unpaired) electrons. The number of nitriles is 1. The fraction of sp³-hybridized carbons (Fsp3) is 0.556. The topological polar surface area (TPSA) is 123 Å². The number of hydrogen-bond donors (Lipinski definition) is 2. The first-order chi connectivity index (χ1) is 17.9. The molecular weight excluding hydrogens is 508 g/mol. The number of nitrogen functional groups attached to an aromatic ring is 1. The van der Waals surface area contributed by atoms with E-state index in [-0.39, 0.29) is 11.5 Å². The molecule has 0 aromatic carbocycles. The van der Waals surface area contributed by atoms with Gasteiger partial charge in [0, 0.05) is 16.5 Å². The van der Waals surface area contributed by atoms with E-state index in [1.807, 2.05) is 7.05 Å². The number of nitrogens with zero attached hydrogens (tertiary/aromatic N) is 4. The first-order valence-electron chi connectivity index (χ1n) is 13.0. The van der Waals surface area contributed by atoms with Crippen molar-refractivity contribution >= 4 is 27.9 Å². The van der Waals surface area contributed by atoms with Crippen LogP contribution in [0, 0.1) is 17.2 Å². The molecule has 37 heavy (non-hydrogen) atoms. The van der Waals surface area contributed by atoms with Gasteiger partial charge in [-0.1, -0.05) is 23.7 Å². The van der Waals surface area contributed by atoms with Crippen LogP contribution in [0.1, 0.15) is 79.7 Å². The summed E-state index contributed by atoms with van der Waals surface area (Å²) >= 11 is 7.96. The summed E-state index contributed by atoms with van der Waals surface area (Å²) in [6.07, 6.45) is 7.62. The fourth-order valence-electron chi connectivity index (χ4n) is 5.92. The molecule has 3 atom stereocenters. The van der Waals surface area contributed by atoms with Gasteiger partial charge >= 0.3 is 0 Å². The highest BCUT2D eigenvalue weighted by Gasteiger charge is 2.48. The molecule has 1 spiro atoms. The Morgan fingerprint density at radius 3 is 2.84 bits per heavy atom. The third kappa shape index (κ3) is 4.71. The van der Waals surface area contributed by atoms with Gasteiger partial charge in [0.15, 0.2) is 17.3 Å². The zero-order valence-corrected chi connectivity index (χ0v) is 23.1. The molecule has 3 N–H and O–H groups in total. The van der Waals surface area contributed by atoms with Crippen LogP contribution < -0.4 is 15.8 Å². The number of aromatic nitrogens is 3. The maximum absolute atomic E-state index is 9.92. The van der Waals surface area contributed by atoms with Crippen LogP contribution in [-0.2, 0) is 18.3 Å². The van der Waals surface area contributed by atoms with Crippen LogP contribution in [0.5, 0.6) is 5.88 Å². The number of halogens is 1. The van der Waals surface area contributed by atoms with Gasteiger partial charge in [0.05, 0.1) is 11.0 Å². The van der Waals surface area contributed by atoms with Gasteiger partial charge in [0.25, 0.3) is 0 Å². The second kappa shape index (κ2) is 10.6. The summed E-state index contributed by atoms with van der Waals surface area (Å²) in [7, 11) is 1.96. The van der Waals surface area contributed by atoms with Crippen LogP contribution >= 0.6 is 22.9 Å². The van der Waals surface area contributed by atoms with Gasteiger partial charge in [0.2, 0.25) is 5.88 Å². The molecule has 0 unspecified atom stereocenters. The van der Waals surface area contributed by atoms with Crippen molar-refractivity contribution in [3.8, 4) is 23.5 Å². The summed E-state index contributed by atoms with van der Waals surface area (Å²) in [4.78, 5) is 10.4. The molecule has 196 valence electrons. The molecule has 0 saturated heterocycles. The van der Waals surface area contributed by atoms with Crippen molar-refractivity contribution in [3.05, 3.63) is 38.5 Å². The maximum atomic E-state index is 9.92. The molecule has 0 amide bonds. The average Bonchev–Trinajstić information content (AvgIpc) is 3.46. The Morgan fingerprint density at radius 2 is 2.08 bits per heavy atom. The summed E-state index contributed by atoms with van der Waals surface area (Å²) in [6.45, 7) is 5.22. The predicted molar refractivity (Wildman–Crippen MR) is 145 cm³/mol. The van der Waals surface area contributed by atoms with E-state index in [1.54, 1.807) is 6.07 Å². The molecule has 3 aromatic rings. The first kappa shape index (κ1) is 26.0. The van der Waals surface area contributed by atoms with Gasteiger partial charge in [-0.2, -0.15) is 10.2 Å². The predicted octanol–water partition coefficient (Wildman–Crippen LogP) is 5.66. The summed E-state index contributed by atoms with van der Waals surface area (Å²) in [5.74, 6) is 2.02. The third-order valence-corrected chi connectivity index (χ3v) is 9.21. The number of fused-ring (bicyclic) bond motifs is 4. The lowest BCUT2D eigenvalue weighted by atomic mass is 9.63. The Labute approximate surface area is 226 Å². The number of hydrogen-bond acceptors (Lipinski definition) is 9. The highest BCUT2D eigenvalue weighted by atomic mass is 35.5. The normalized spacial score (nSPS) is 20.2. The van der Waals surface area contributed by atoms with Crippen LogP contribution in [-0.4, -0.2) is 34.8 Å². The SMILES string of the molecule is CNCCC[C@H](C)[C@H](C)Oc1cc(Cl)nc(-c2noc3c2CCC[C@@]32CCCc3sc(N)c(C#N)c32)n1. The van der Waals surface area contributed by atoms with Crippen LogP contribution in [0.25, 0.3) is 11.5 Å². The minimum Gasteiger partial charge on any atom is -0.474 e. The van der Waals surface area contributed by atoms with Crippen molar-refractivity contribution in [2.45, 2.75) is 76.7 Å². The number of nitrogens with two attached hydrogens (primary N) is 1. The maximum Gasteiger partial charge on any atom is 0.218 e. The smallest absolute Gasteiger partial charge is 0.218 e. The zero-order valence-electron chi connectivity index (χ0n) is 21.6. The molecule has 0 fully saturated rings. The summed E-state index contributed by atoms with van der Waals surface area (Å²) in [5, 5.41) is 18.5. The second-order valence-electron chi connectivity index (χ2n) is 10.3. The Kier molecular flexibility index (Phi) is 7.44. The van der Waals surface area contributed by atoms with Crippen molar-refractivity contribution in [1.29, 1.82) is 5.26 Å². The number of anilines is 1. The van der Waals surface area contributed by atoms with E-state index in [2.05, 4.69) is 35.4 Å². The zero-order chi connectivity index (χ0) is 26.2. The van der Waals surface area contributed by atoms with Gasteiger partial charge in [-0.15, -0.1) is 11.3 Å². The molecule has 0 bridgehead atoms. The van der Waals surface area contributed by atoms with Crippen molar-refractivity contribution in [2.24, 2.45) is 5.92 Å². The number of nitrogens with one attached hydrogen (secondary N) is 1. The van der Waals surface area contributed by atoms with Crippen molar-refractivity contribution in [1.82, 2.24) is 20.4 Å². The van der Waals surface area contributed by atoms with E-state index < -0.39 is 0 Å². The summed E-state index contributed by atoms with van der Waals surface area (Å²) < 4.78 is 12.3. The Morgan fingerprint density at radius 1 is 1.30 bits per heavy atom. The number of ether oxygens (including phenoxy) is 1. The molecule has 8 nitrogen and oxygen atoms in total. The number of rotatable bonds is 8. The number of thiophene rings is 1. The Bertz CT molecular complexity index is 1330. The third-order valence-electron chi connectivity index (χ3n) is 7.94. The molecule has 2 aliphatic carbocycles. The van der Waals surface area contributed by atoms with E-state index in [4.69, 9.17) is 31.6 Å². The Hall–Kier alpha value is -2.67. The van der Waals surface area contributed by atoms with Gasteiger partial charge < -0.3 is 20.3 Å². The second-order valence-corrected chi connectivity index (χ2v) is 11.8. The van der Waals surface area contributed by atoms with Crippen molar-refractivity contribution < 1.29 is 9.26 Å². The minimum absolute atomic E-state index is 0.0284. The minimum atomic E-state index is -0.388. The van der Waals surface area contributed by atoms with Crippen LogP contribution in [0.2, 0.25) is 5.15 Å². The molecule has 3 heterocycles. The van der Waals surface area contributed by atoms with Crippen molar-refractivity contribution in [3.63, 3.8) is 0 Å². The van der Waals surface area contributed by atoms with Crippen LogP contribution in [0.3, 0.4) is 0 Å². The van der Waals surface area contributed by atoms with Gasteiger partial charge in [0.1, 0.15) is 22.3 Å². The van der Waals surface area contributed by atoms with E-state index in [0.29, 0.717) is 39.0 Å². The molecule has 5 rings (SSSR count). The lowest BCUT2D eigenvalue weighted by molar-refractivity contribution is 0.147. The molecule has 3 aromatic heterocycles. The van der Waals surface area contributed by atoms with E-state index in [9.17, 15) is 5.26 Å². The Balaban J connectivity index is 1.48. The lowest BCUT2D eigenvalue weighted by Crippen LogP contribution is -2.35. The lowest BCUT2D eigenvalue weighted by Gasteiger charge is -2.39. The van der Waals surface area contributed by atoms with Gasteiger partial charge in [-0.3, -0.25) is 0 Å². The largest absolute Gasteiger partial charge is 0.474 e. The molecular formula is C27H33ClN6O2S. The molecule has 0 aliphatic heterocycles. The van der Waals surface area contributed by atoms with E-state index in [0.717, 1.165) is 74.8 Å². The van der Waals surface area contributed by atoms with Crippen LogP contribution in [0.4, 0.5) is 5.00 Å². The van der Waals surface area contributed by atoms with Gasteiger partial charge in [-0.25, -0.2) is 4.98 Å². The quantitative estimate of drug-likeness (QED) is 0.277. The fourth-order valence-corrected chi connectivity index (χ4v) is 7.26. The molecule has 2 aliphatic rings. The highest BCUT2D eigenvalue weighted by Crippen LogP contribution is 2.55. The van der Waals surface area contributed by atoms with Crippen molar-refractivity contribution in [2.75, 3.05) is 19.3 Å². The summed E-state index contributed by atoms with van der Waals surface area (Å²) in [5.41, 5.74) is 9.11. The molecule has 10 heteroatoms. The number of aryl methyl sites for hydroxylation is 1. The average molecular weight is 541 g/mol. The van der Waals surface area contributed by atoms with E-state index >= 15 is 0 Å². The van der Waals surface area contributed by atoms with Gasteiger partial charge in [-0.05, 0) is 83.4 Å².